The summed E-state index contributed by atoms with van der Waals surface area (Å²) in [7, 11) is 0. The third-order valence-corrected chi connectivity index (χ3v) is 3.16. The van der Waals surface area contributed by atoms with Crippen molar-refractivity contribution in [3.63, 3.8) is 0 Å². The molecule has 2 atom stereocenters. The molecule has 0 aliphatic carbocycles. The number of rotatable bonds is 3. The lowest BCUT2D eigenvalue weighted by molar-refractivity contribution is 0.0527. The molecule has 0 spiro atoms. The van der Waals surface area contributed by atoms with Crippen molar-refractivity contribution in [1.29, 1.82) is 0 Å². The molecule has 19 heavy (non-hydrogen) atoms. The Balaban J connectivity index is 2.24. The number of aliphatic hydroxyl groups excluding tert-OH is 2. The van der Waals surface area contributed by atoms with Crippen LogP contribution < -0.4 is 10.6 Å². The second-order valence-corrected chi connectivity index (χ2v) is 4.53. The Labute approximate surface area is 111 Å². The Bertz CT molecular complexity index is 468. The number of aliphatic hydroxyl groups is 2. The van der Waals surface area contributed by atoms with Gasteiger partial charge in [-0.25, -0.2) is 4.79 Å². The van der Waals surface area contributed by atoms with Crippen molar-refractivity contribution in [3.8, 4) is 0 Å². The average molecular weight is 266 g/mol. The fourth-order valence-corrected chi connectivity index (χ4v) is 2.11. The van der Waals surface area contributed by atoms with E-state index < -0.39 is 18.2 Å². The highest BCUT2D eigenvalue weighted by molar-refractivity contribution is 5.96. The molecule has 2 rings (SSSR count). The molecule has 0 aromatic heterocycles. The van der Waals surface area contributed by atoms with Gasteiger partial charge >= 0.3 is 5.97 Å². The predicted octanol–water partition coefficient (Wildman–Crippen LogP) is -0.0127. The standard InChI is InChI=1S/C13H18N2O4/c1-2-19-13(18)9-5-8(3-4-10(9)14)15-6-11(16)12(17)7-15/h3-5,11-12,16-17H,2,6-7,14H2,1H3. The van der Waals surface area contributed by atoms with Crippen LogP contribution >= 0.6 is 0 Å². The van der Waals surface area contributed by atoms with Crippen LogP contribution in [0.1, 0.15) is 17.3 Å². The summed E-state index contributed by atoms with van der Waals surface area (Å²) in [4.78, 5) is 13.5. The van der Waals surface area contributed by atoms with Gasteiger partial charge in [-0.05, 0) is 25.1 Å². The van der Waals surface area contributed by atoms with Crippen molar-refractivity contribution in [2.24, 2.45) is 0 Å². The largest absolute Gasteiger partial charge is 0.462 e. The maximum absolute atomic E-state index is 11.7. The van der Waals surface area contributed by atoms with E-state index in [9.17, 15) is 15.0 Å². The smallest absolute Gasteiger partial charge is 0.340 e. The molecular weight excluding hydrogens is 248 g/mol. The van der Waals surface area contributed by atoms with E-state index in [-0.39, 0.29) is 6.61 Å². The molecule has 1 fully saturated rings. The van der Waals surface area contributed by atoms with Gasteiger partial charge in [0.25, 0.3) is 0 Å². The minimum Gasteiger partial charge on any atom is -0.462 e. The Kier molecular flexibility index (Phi) is 3.92. The van der Waals surface area contributed by atoms with Gasteiger partial charge in [0.1, 0.15) is 0 Å². The van der Waals surface area contributed by atoms with Crippen molar-refractivity contribution < 1.29 is 19.7 Å². The minimum absolute atomic E-state index is 0.281. The van der Waals surface area contributed by atoms with Crippen molar-refractivity contribution in [3.05, 3.63) is 23.8 Å². The fourth-order valence-electron chi connectivity index (χ4n) is 2.11. The van der Waals surface area contributed by atoms with Crippen LogP contribution in [0, 0.1) is 0 Å². The van der Waals surface area contributed by atoms with Gasteiger partial charge in [-0.1, -0.05) is 0 Å². The number of ether oxygens (including phenoxy) is 1. The van der Waals surface area contributed by atoms with Crippen molar-refractivity contribution in [1.82, 2.24) is 0 Å². The van der Waals surface area contributed by atoms with Crippen LogP contribution in [-0.2, 0) is 4.74 Å². The van der Waals surface area contributed by atoms with E-state index in [2.05, 4.69) is 0 Å². The topological polar surface area (TPSA) is 96.0 Å². The van der Waals surface area contributed by atoms with Crippen LogP contribution in [0.4, 0.5) is 11.4 Å². The number of esters is 1. The highest BCUT2D eigenvalue weighted by Gasteiger charge is 2.30. The van der Waals surface area contributed by atoms with Crippen LogP contribution in [0.25, 0.3) is 0 Å². The van der Waals surface area contributed by atoms with E-state index in [1.54, 1.807) is 30.0 Å². The van der Waals surface area contributed by atoms with Crippen LogP contribution in [0.5, 0.6) is 0 Å². The molecule has 6 heteroatoms. The average Bonchev–Trinajstić information content (AvgIpc) is 2.70. The zero-order valence-electron chi connectivity index (χ0n) is 10.7. The zero-order chi connectivity index (χ0) is 14.0. The SMILES string of the molecule is CCOC(=O)c1cc(N2CC(O)C(O)C2)ccc1N. The molecule has 6 nitrogen and oxygen atoms in total. The predicted molar refractivity (Wildman–Crippen MR) is 71.0 cm³/mol. The van der Waals surface area contributed by atoms with Crippen LogP contribution in [-0.4, -0.2) is 48.1 Å². The highest BCUT2D eigenvalue weighted by Crippen LogP contribution is 2.25. The lowest BCUT2D eigenvalue weighted by Crippen LogP contribution is -2.22. The Morgan fingerprint density at radius 2 is 2.05 bits per heavy atom. The number of nitrogens with two attached hydrogens (primary N) is 1. The first-order chi connectivity index (χ1) is 9.02. The Hall–Kier alpha value is -1.79. The monoisotopic (exact) mass is 266 g/mol. The lowest BCUT2D eigenvalue weighted by atomic mass is 10.1. The maximum Gasteiger partial charge on any atom is 0.340 e. The van der Waals surface area contributed by atoms with E-state index in [1.165, 1.54) is 0 Å². The molecule has 1 aromatic carbocycles. The molecule has 104 valence electrons. The number of hydrogen-bond donors (Lipinski definition) is 3. The number of benzene rings is 1. The molecule has 1 aromatic rings. The van der Waals surface area contributed by atoms with Gasteiger partial charge in [-0.2, -0.15) is 0 Å². The number of hydrogen-bond acceptors (Lipinski definition) is 6. The molecule has 0 amide bonds. The van der Waals surface area contributed by atoms with Gasteiger partial charge in [0.15, 0.2) is 0 Å². The van der Waals surface area contributed by atoms with E-state index in [0.29, 0.717) is 24.3 Å². The van der Waals surface area contributed by atoms with Crippen molar-refractivity contribution in [2.45, 2.75) is 19.1 Å². The molecule has 1 saturated heterocycles. The molecule has 0 radical (unpaired) electrons. The Morgan fingerprint density at radius 3 is 2.63 bits per heavy atom. The molecule has 1 aliphatic heterocycles. The van der Waals surface area contributed by atoms with Crippen LogP contribution in [0.3, 0.4) is 0 Å². The van der Waals surface area contributed by atoms with Crippen LogP contribution in [0.2, 0.25) is 0 Å². The van der Waals surface area contributed by atoms with Crippen molar-refractivity contribution >= 4 is 17.3 Å². The number of nitrogens with zero attached hydrogens (tertiary/aromatic N) is 1. The van der Waals surface area contributed by atoms with E-state index in [4.69, 9.17) is 10.5 Å². The molecule has 1 heterocycles. The second kappa shape index (κ2) is 5.46. The van der Waals surface area contributed by atoms with Crippen molar-refractivity contribution in [2.75, 3.05) is 30.3 Å². The van der Waals surface area contributed by atoms with E-state index in [1.807, 2.05) is 0 Å². The molecule has 2 unspecified atom stereocenters. The summed E-state index contributed by atoms with van der Waals surface area (Å²) in [5, 5.41) is 19.1. The van der Waals surface area contributed by atoms with Gasteiger partial charge < -0.3 is 25.6 Å². The van der Waals surface area contributed by atoms with Gasteiger partial charge in [-0.15, -0.1) is 0 Å². The summed E-state index contributed by atoms with van der Waals surface area (Å²) < 4.78 is 4.93. The first kappa shape index (κ1) is 13.6. The number of anilines is 2. The second-order valence-electron chi connectivity index (χ2n) is 4.53. The molecule has 0 bridgehead atoms. The first-order valence-electron chi connectivity index (χ1n) is 6.20. The summed E-state index contributed by atoms with van der Waals surface area (Å²) in [5.74, 6) is -0.470. The van der Waals surface area contributed by atoms with Gasteiger partial charge in [-0.3, -0.25) is 0 Å². The minimum atomic E-state index is -0.774. The third-order valence-electron chi connectivity index (χ3n) is 3.16. The summed E-state index contributed by atoms with van der Waals surface area (Å²) in [6, 6.07) is 5.00. The molecule has 1 aliphatic rings. The molecule has 4 N–H and O–H groups in total. The lowest BCUT2D eigenvalue weighted by Gasteiger charge is -2.19. The summed E-state index contributed by atoms with van der Waals surface area (Å²) >= 11 is 0. The summed E-state index contributed by atoms with van der Waals surface area (Å²) in [6.45, 7) is 2.66. The van der Waals surface area contributed by atoms with Gasteiger partial charge in [0.2, 0.25) is 0 Å². The zero-order valence-corrected chi connectivity index (χ0v) is 10.7. The number of carbonyl (C=O) groups excluding carboxylic acids is 1. The molecular formula is C13H18N2O4. The van der Waals surface area contributed by atoms with E-state index >= 15 is 0 Å². The number of β-amino-alcohol motifs (C(OH)–C–C–N with tert-alkyl or cyclic N) is 2. The quantitative estimate of drug-likeness (QED) is 0.526. The number of nitrogen functional groups attached to an aromatic ring is 1. The first-order valence-corrected chi connectivity index (χ1v) is 6.20. The summed E-state index contributed by atoms with van der Waals surface area (Å²) in [6.07, 6.45) is -1.55. The fraction of sp³-hybridized carbons (Fsp3) is 0.462. The summed E-state index contributed by atoms with van der Waals surface area (Å²) in [5.41, 5.74) is 7.14. The third kappa shape index (κ3) is 2.80. The van der Waals surface area contributed by atoms with E-state index in [0.717, 1.165) is 5.69 Å². The Morgan fingerprint density at radius 1 is 1.42 bits per heavy atom. The molecule has 0 saturated carbocycles. The number of carbonyl (C=O) groups is 1. The normalized spacial score (nSPS) is 22.6. The maximum atomic E-state index is 11.7. The van der Waals surface area contributed by atoms with Crippen LogP contribution in [0.15, 0.2) is 18.2 Å². The van der Waals surface area contributed by atoms with Gasteiger partial charge in [0, 0.05) is 24.5 Å². The highest BCUT2D eigenvalue weighted by atomic mass is 16.5. The van der Waals surface area contributed by atoms with Gasteiger partial charge in [0.05, 0.1) is 24.4 Å².